The molecule has 1 aliphatic heterocycles. The lowest BCUT2D eigenvalue weighted by Gasteiger charge is -2.35. The summed E-state index contributed by atoms with van der Waals surface area (Å²) in [6.07, 6.45) is 5.38. The average Bonchev–Trinajstić information content (AvgIpc) is 3.16. The summed E-state index contributed by atoms with van der Waals surface area (Å²) in [7, 11) is -3.44. The van der Waals surface area contributed by atoms with Crippen LogP contribution in [0.4, 0.5) is 0 Å². The molecule has 0 spiro atoms. The van der Waals surface area contributed by atoms with Crippen LogP contribution in [0.15, 0.2) is 30.5 Å². The highest BCUT2D eigenvalue weighted by atomic mass is 32.2. The number of H-pyrrole nitrogens is 1. The van der Waals surface area contributed by atoms with E-state index in [1.54, 1.807) is 11.1 Å². The van der Waals surface area contributed by atoms with Gasteiger partial charge in [0.2, 0.25) is 5.91 Å². The third kappa shape index (κ3) is 4.22. The molecule has 1 aliphatic rings. The van der Waals surface area contributed by atoms with Crippen molar-refractivity contribution < 1.29 is 18.3 Å². The minimum Gasteiger partial charge on any atom is -0.392 e. The topological polar surface area (TPSA) is 103 Å². The Morgan fingerprint density at radius 1 is 1.33 bits per heavy atom. The number of nitrogens with zero attached hydrogens (tertiary/aromatic N) is 2. The van der Waals surface area contributed by atoms with Gasteiger partial charge < -0.3 is 15.0 Å². The van der Waals surface area contributed by atoms with Crippen LogP contribution < -0.4 is 0 Å². The number of imidazole rings is 1. The van der Waals surface area contributed by atoms with Gasteiger partial charge in [0, 0.05) is 12.8 Å². The van der Waals surface area contributed by atoms with E-state index in [9.17, 15) is 13.2 Å². The van der Waals surface area contributed by atoms with E-state index in [0.29, 0.717) is 12.4 Å². The maximum Gasteiger partial charge on any atom is 0.241 e. The zero-order valence-electron chi connectivity index (χ0n) is 15.6. The van der Waals surface area contributed by atoms with Crippen LogP contribution >= 0.6 is 0 Å². The maximum absolute atomic E-state index is 12.8. The van der Waals surface area contributed by atoms with Crippen LogP contribution in [0.2, 0.25) is 0 Å². The molecule has 27 heavy (non-hydrogen) atoms. The van der Waals surface area contributed by atoms with Crippen molar-refractivity contribution in [1.82, 2.24) is 14.9 Å². The number of piperidine rings is 1. The predicted octanol–water partition coefficient (Wildman–Crippen LogP) is 2.06. The Bertz CT molecular complexity index is 905. The first-order valence-corrected chi connectivity index (χ1v) is 11.0. The number of aromatic amines is 1. The van der Waals surface area contributed by atoms with Crippen LogP contribution in [0.1, 0.15) is 43.6 Å². The first kappa shape index (κ1) is 19.6. The lowest BCUT2D eigenvalue weighted by molar-refractivity contribution is -0.134. The summed E-state index contributed by atoms with van der Waals surface area (Å²) in [5.41, 5.74) is 2.59. The van der Waals surface area contributed by atoms with Gasteiger partial charge in [0.25, 0.3) is 0 Å². The molecule has 2 atom stereocenters. The largest absolute Gasteiger partial charge is 0.392 e. The van der Waals surface area contributed by atoms with Crippen LogP contribution in [0.3, 0.4) is 0 Å². The van der Waals surface area contributed by atoms with Gasteiger partial charge in [-0.1, -0.05) is 24.3 Å². The van der Waals surface area contributed by atoms with E-state index in [2.05, 4.69) is 9.97 Å². The lowest BCUT2D eigenvalue weighted by atomic mass is 10.0. The molecule has 146 valence electrons. The van der Waals surface area contributed by atoms with E-state index in [0.717, 1.165) is 42.3 Å². The Kier molecular flexibility index (Phi) is 5.67. The molecule has 8 heteroatoms. The van der Waals surface area contributed by atoms with Crippen molar-refractivity contribution in [2.24, 2.45) is 0 Å². The Balaban J connectivity index is 1.85. The number of aliphatic hydroxyl groups excluding tert-OH is 1. The van der Waals surface area contributed by atoms with Gasteiger partial charge >= 0.3 is 0 Å². The number of sulfone groups is 1. The molecule has 0 saturated carbocycles. The smallest absolute Gasteiger partial charge is 0.241 e. The van der Waals surface area contributed by atoms with Gasteiger partial charge in [0.1, 0.15) is 11.1 Å². The number of aliphatic hydroxyl groups is 1. The second kappa shape index (κ2) is 7.82. The number of aromatic nitrogens is 2. The van der Waals surface area contributed by atoms with Crippen molar-refractivity contribution in [2.75, 3.05) is 12.8 Å². The fourth-order valence-corrected chi connectivity index (χ4v) is 3.84. The molecule has 1 aromatic carbocycles. The van der Waals surface area contributed by atoms with Crippen LogP contribution in [0.25, 0.3) is 11.3 Å². The van der Waals surface area contributed by atoms with Gasteiger partial charge in [-0.15, -0.1) is 0 Å². The van der Waals surface area contributed by atoms with Crippen molar-refractivity contribution in [3.05, 3.63) is 41.9 Å². The summed E-state index contributed by atoms with van der Waals surface area (Å²) in [4.78, 5) is 22.1. The quantitative estimate of drug-likeness (QED) is 0.812. The molecular formula is C19H25N3O4S. The monoisotopic (exact) mass is 391 g/mol. The SMILES string of the molecule is CC(C(=O)N1CCCCC1c1ncc(-c2ccc(CO)cc2)[nH]1)S(C)(=O)=O. The standard InChI is InChI=1S/C19H25N3O4S/c1-13(27(2,25)26)19(24)22-10-4-3-5-17(22)18-20-11-16(21-18)15-8-6-14(12-23)7-9-15/h6-9,11,13,17,23H,3-5,10,12H2,1-2H3,(H,20,21). The Morgan fingerprint density at radius 2 is 2.04 bits per heavy atom. The number of benzene rings is 1. The van der Waals surface area contributed by atoms with Crippen molar-refractivity contribution in [2.45, 2.75) is 44.1 Å². The zero-order chi connectivity index (χ0) is 19.6. The summed E-state index contributed by atoms with van der Waals surface area (Å²) in [6.45, 7) is 1.97. The molecular weight excluding hydrogens is 366 g/mol. The van der Waals surface area contributed by atoms with Crippen molar-refractivity contribution in [3.63, 3.8) is 0 Å². The molecule has 0 bridgehead atoms. The Morgan fingerprint density at radius 3 is 2.67 bits per heavy atom. The molecule has 0 aliphatic carbocycles. The van der Waals surface area contributed by atoms with Crippen LogP contribution in [-0.4, -0.2) is 52.3 Å². The molecule has 1 aromatic heterocycles. The lowest BCUT2D eigenvalue weighted by Crippen LogP contribution is -2.45. The fraction of sp³-hybridized carbons (Fsp3) is 0.474. The van der Waals surface area contributed by atoms with Gasteiger partial charge in [0.05, 0.1) is 24.5 Å². The van der Waals surface area contributed by atoms with Crippen LogP contribution in [0, 0.1) is 0 Å². The number of hydrogen-bond acceptors (Lipinski definition) is 5. The maximum atomic E-state index is 12.8. The molecule has 0 radical (unpaired) electrons. The number of carbonyl (C=O) groups is 1. The number of hydrogen-bond donors (Lipinski definition) is 2. The van der Waals surface area contributed by atoms with Crippen molar-refractivity contribution >= 4 is 15.7 Å². The van der Waals surface area contributed by atoms with Gasteiger partial charge in [-0.2, -0.15) is 0 Å². The van der Waals surface area contributed by atoms with E-state index >= 15 is 0 Å². The Hall–Kier alpha value is -2.19. The molecule has 1 saturated heterocycles. The molecule has 1 amide bonds. The first-order valence-electron chi connectivity index (χ1n) is 9.05. The minimum atomic E-state index is -3.44. The molecule has 2 N–H and O–H groups in total. The summed E-state index contributed by atoms with van der Waals surface area (Å²) >= 11 is 0. The van der Waals surface area contributed by atoms with E-state index in [4.69, 9.17) is 5.11 Å². The van der Waals surface area contributed by atoms with Gasteiger partial charge in [-0.3, -0.25) is 4.79 Å². The van der Waals surface area contributed by atoms with Gasteiger partial charge in [-0.05, 0) is 37.3 Å². The van der Waals surface area contributed by atoms with Crippen molar-refractivity contribution in [3.8, 4) is 11.3 Å². The number of nitrogens with one attached hydrogen (secondary N) is 1. The first-order chi connectivity index (χ1) is 12.8. The highest BCUT2D eigenvalue weighted by Gasteiger charge is 2.35. The molecule has 2 aromatic rings. The van der Waals surface area contributed by atoms with Crippen molar-refractivity contribution in [1.29, 1.82) is 0 Å². The molecule has 2 heterocycles. The molecule has 2 unspecified atom stereocenters. The van der Waals surface area contributed by atoms with Crippen LogP contribution in [0.5, 0.6) is 0 Å². The normalized spacial score (nSPS) is 19.1. The van der Waals surface area contributed by atoms with Gasteiger partial charge in [0.15, 0.2) is 9.84 Å². The summed E-state index contributed by atoms with van der Waals surface area (Å²) in [5, 5.41) is 8.10. The minimum absolute atomic E-state index is 0.00777. The summed E-state index contributed by atoms with van der Waals surface area (Å²) in [6, 6.07) is 7.25. The molecule has 3 rings (SSSR count). The molecule has 1 fully saturated rings. The third-order valence-electron chi connectivity index (χ3n) is 5.13. The fourth-order valence-electron chi connectivity index (χ4n) is 3.34. The number of likely N-dealkylation sites (tertiary alicyclic amines) is 1. The highest BCUT2D eigenvalue weighted by Crippen LogP contribution is 2.31. The van der Waals surface area contributed by atoms with Gasteiger partial charge in [-0.25, -0.2) is 13.4 Å². The summed E-state index contributed by atoms with van der Waals surface area (Å²) < 4.78 is 23.6. The van der Waals surface area contributed by atoms with E-state index in [1.807, 2.05) is 24.3 Å². The summed E-state index contributed by atoms with van der Waals surface area (Å²) in [5.74, 6) is 0.303. The molecule has 7 nitrogen and oxygen atoms in total. The zero-order valence-corrected chi connectivity index (χ0v) is 16.4. The van der Waals surface area contributed by atoms with E-state index in [-0.39, 0.29) is 18.6 Å². The Labute approximate surface area is 159 Å². The number of carbonyl (C=O) groups excluding carboxylic acids is 1. The second-order valence-corrected chi connectivity index (χ2v) is 9.42. The third-order valence-corrected chi connectivity index (χ3v) is 6.62. The van der Waals surface area contributed by atoms with E-state index in [1.165, 1.54) is 6.92 Å². The highest BCUT2D eigenvalue weighted by molar-refractivity contribution is 7.92. The van der Waals surface area contributed by atoms with E-state index < -0.39 is 15.1 Å². The number of rotatable bonds is 5. The average molecular weight is 391 g/mol. The number of amides is 1. The predicted molar refractivity (Wildman–Crippen MR) is 103 cm³/mol. The second-order valence-electron chi connectivity index (χ2n) is 7.05. The van der Waals surface area contributed by atoms with Crippen LogP contribution in [-0.2, 0) is 21.2 Å².